The molecule has 2 fully saturated rings. The number of hydrogen-bond acceptors (Lipinski definition) is 4. The lowest BCUT2D eigenvalue weighted by Crippen LogP contribution is -2.57. The first-order valence-corrected chi connectivity index (χ1v) is 9.67. The summed E-state index contributed by atoms with van der Waals surface area (Å²) >= 11 is 5.92. The molecule has 0 aliphatic carbocycles. The molecule has 140 valence electrons. The SMILES string of the molecule is Cl.O=C1CNCCN1C1CCCN(S(=O)(=O)c2ccc(F)cc2Cl)C1. The second kappa shape index (κ2) is 8.18. The average molecular weight is 412 g/mol. The summed E-state index contributed by atoms with van der Waals surface area (Å²) in [6.45, 7) is 2.18. The van der Waals surface area contributed by atoms with Crippen LogP contribution in [0.3, 0.4) is 0 Å². The van der Waals surface area contributed by atoms with Gasteiger partial charge in [-0.3, -0.25) is 4.79 Å². The van der Waals surface area contributed by atoms with E-state index >= 15 is 0 Å². The minimum absolute atomic E-state index is 0. The highest BCUT2D eigenvalue weighted by molar-refractivity contribution is 7.89. The smallest absolute Gasteiger partial charge is 0.244 e. The van der Waals surface area contributed by atoms with Crippen molar-refractivity contribution in [2.24, 2.45) is 0 Å². The summed E-state index contributed by atoms with van der Waals surface area (Å²) < 4.78 is 40.2. The number of piperazine rings is 1. The van der Waals surface area contributed by atoms with Gasteiger partial charge in [0, 0.05) is 32.2 Å². The number of hydrogen-bond donors (Lipinski definition) is 1. The van der Waals surface area contributed by atoms with E-state index in [1.165, 1.54) is 10.4 Å². The molecule has 2 saturated heterocycles. The third kappa shape index (κ3) is 4.25. The molecule has 1 atom stereocenters. The van der Waals surface area contributed by atoms with Crippen molar-refractivity contribution in [3.05, 3.63) is 29.0 Å². The quantitative estimate of drug-likeness (QED) is 0.817. The van der Waals surface area contributed by atoms with Gasteiger partial charge in [0.2, 0.25) is 15.9 Å². The lowest BCUT2D eigenvalue weighted by molar-refractivity contribution is -0.135. The molecule has 1 aromatic rings. The highest BCUT2D eigenvalue weighted by atomic mass is 35.5. The van der Waals surface area contributed by atoms with Crippen LogP contribution in [0, 0.1) is 5.82 Å². The summed E-state index contributed by atoms with van der Waals surface area (Å²) in [5.74, 6) is -0.591. The topological polar surface area (TPSA) is 69.7 Å². The number of amides is 1. The number of carbonyl (C=O) groups excluding carboxylic acids is 1. The molecule has 2 aliphatic heterocycles. The van der Waals surface area contributed by atoms with Crippen LogP contribution in [0.5, 0.6) is 0 Å². The zero-order chi connectivity index (χ0) is 17.3. The Morgan fingerprint density at radius 1 is 1.28 bits per heavy atom. The summed E-state index contributed by atoms with van der Waals surface area (Å²) in [5, 5.41) is 2.88. The lowest BCUT2D eigenvalue weighted by Gasteiger charge is -2.40. The highest BCUT2D eigenvalue weighted by Crippen LogP contribution is 2.28. The van der Waals surface area contributed by atoms with Crippen molar-refractivity contribution in [3.63, 3.8) is 0 Å². The Labute approximate surface area is 157 Å². The zero-order valence-electron chi connectivity index (χ0n) is 13.5. The molecule has 10 heteroatoms. The fourth-order valence-corrected chi connectivity index (χ4v) is 5.25. The van der Waals surface area contributed by atoms with Gasteiger partial charge in [-0.25, -0.2) is 12.8 Å². The second-order valence-corrected chi connectivity index (χ2v) is 8.31. The highest BCUT2D eigenvalue weighted by Gasteiger charge is 2.35. The number of benzene rings is 1. The van der Waals surface area contributed by atoms with Crippen molar-refractivity contribution in [1.29, 1.82) is 0 Å². The predicted molar refractivity (Wildman–Crippen MR) is 95.0 cm³/mol. The molecule has 0 bridgehead atoms. The summed E-state index contributed by atoms with van der Waals surface area (Å²) in [6.07, 6.45) is 1.44. The van der Waals surface area contributed by atoms with Crippen LogP contribution in [-0.2, 0) is 14.8 Å². The van der Waals surface area contributed by atoms with E-state index < -0.39 is 15.8 Å². The Hall–Kier alpha value is -0.930. The first kappa shape index (κ1) is 20.4. The Morgan fingerprint density at radius 3 is 2.72 bits per heavy atom. The Kier molecular flexibility index (Phi) is 6.67. The van der Waals surface area contributed by atoms with Crippen molar-refractivity contribution in [1.82, 2.24) is 14.5 Å². The van der Waals surface area contributed by atoms with E-state index in [0.717, 1.165) is 18.6 Å². The van der Waals surface area contributed by atoms with Crippen LogP contribution >= 0.6 is 24.0 Å². The molecule has 0 saturated carbocycles. The number of rotatable bonds is 3. The van der Waals surface area contributed by atoms with Crippen LogP contribution in [-0.4, -0.2) is 62.3 Å². The fourth-order valence-electron chi connectivity index (χ4n) is 3.22. The van der Waals surface area contributed by atoms with Gasteiger partial charge < -0.3 is 10.2 Å². The summed E-state index contributed by atoms with van der Waals surface area (Å²) in [5.41, 5.74) is 0. The minimum atomic E-state index is -3.82. The maximum absolute atomic E-state index is 13.2. The van der Waals surface area contributed by atoms with Crippen LogP contribution in [0.25, 0.3) is 0 Å². The first-order valence-electron chi connectivity index (χ1n) is 7.85. The van der Waals surface area contributed by atoms with Crippen molar-refractivity contribution in [3.8, 4) is 0 Å². The molecule has 0 spiro atoms. The molecule has 2 aliphatic rings. The van der Waals surface area contributed by atoms with Crippen LogP contribution in [0.4, 0.5) is 4.39 Å². The minimum Gasteiger partial charge on any atom is -0.336 e. The summed E-state index contributed by atoms with van der Waals surface area (Å²) in [7, 11) is -3.82. The van der Waals surface area contributed by atoms with Gasteiger partial charge in [0.25, 0.3) is 0 Å². The normalized spacial score (nSPS) is 22.6. The van der Waals surface area contributed by atoms with Crippen LogP contribution in [0.1, 0.15) is 12.8 Å². The fraction of sp³-hybridized carbons (Fsp3) is 0.533. The van der Waals surface area contributed by atoms with Gasteiger partial charge >= 0.3 is 0 Å². The number of nitrogens with zero attached hydrogens (tertiary/aromatic N) is 2. The van der Waals surface area contributed by atoms with Crippen LogP contribution in [0.2, 0.25) is 5.02 Å². The maximum atomic E-state index is 13.2. The number of piperidine rings is 1. The molecule has 0 aromatic heterocycles. The third-order valence-electron chi connectivity index (χ3n) is 4.44. The van der Waals surface area contributed by atoms with Gasteiger partial charge in [-0.1, -0.05) is 11.6 Å². The van der Waals surface area contributed by atoms with Crippen molar-refractivity contribution in [2.75, 3.05) is 32.7 Å². The molecule has 25 heavy (non-hydrogen) atoms. The van der Waals surface area contributed by atoms with Crippen molar-refractivity contribution >= 4 is 39.9 Å². The van der Waals surface area contributed by atoms with E-state index in [0.29, 0.717) is 26.1 Å². The van der Waals surface area contributed by atoms with Crippen LogP contribution in [0.15, 0.2) is 23.1 Å². The molecular weight excluding hydrogens is 392 g/mol. The second-order valence-electron chi connectivity index (χ2n) is 6.00. The van der Waals surface area contributed by atoms with E-state index in [1.807, 2.05) is 0 Å². The molecule has 1 N–H and O–H groups in total. The van der Waals surface area contributed by atoms with Gasteiger partial charge in [-0.2, -0.15) is 4.31 Å². The third-order valence-corrected chi connectivity index (χ3v) is 6.79. The molecular formula is C15H20Cl2FN3O3S. The maximum Gasteiger partial charge on any atom is 0.244 e. The van der Waals surface area contributed by atoms with E-state index in [9.17, 15) is 17.6 Å². The monoisotopic (exact) mass is 411 g/mol. The molecule has 2 heterocycles. The standard InChI is InChI=1S/C15H19ClFN3O3S.ClH/c16-13-8-11(17)3-4-14(13)24(22,23)19-6-1-2-12(10-19)20-7-5-18-9-15(20)21;/h3-4,8,12,18H,1-2,5-7,9-10H2;1H. The van der Waals surface area contributed by atoms with Gasteiger partial charge in [0.05, 0.1) is 11.6 Å². The summed E-state index contributed by atoms with van der Waals surface area (Å²) in [6, 6.07) is 3.13. The van der Waals surface area contributed by atoms with Crippen LogP contribution < -0.4 is 5.32 Å². The zero-order valence-corrected chi connectivity index (χ0v) is 15.8. The molecule has 1 aromatic carbocycles. The number of nitrogens with one attached hydrogen (secondary N) is 1. The molecule has 1 unspecified atom stereocenters. The number of halogens is 3. The van der Waals surface area contributed by atoms with Gasteiger partial charge in [-0.15, -0.1) is 12.4 Å². The first-order chi connectivity index (χ1) is 11.4. The largest absolute Gasteiger partial charge is 0.336 e. The number of sulfonamides is 1. The lowest BCUT2D eigenvalue weighted by atomic mass is 10.1. The van der Waals surface area contributed by atoms with Crippen molar-refractivity contribution < 1.29 is 17.6 Å². The Morgan fingerprint density at radius 2 is 2.04 bits per heavy atom. The molecule has 6 nitrogen and oxygen atoms in total. The molecule has 0 radical (unpaired) electrons. The van der Waals surface area contributed by atoms with E-state index in [2.05, 4.69) is 5.32 Å². The van der Waals surface area contributed by atoms with Crippen molar-refractivity contribution in [2.45, 2.75) is 23.8 Å². The van der Waals surface area contributed by atoms with Gasteiger partial charge in [-0.05, 0) is 31.0 Å². The Bertz CT molecular complexity index is 748. The average Bonchev–Trinajstić information content (AvgIpc) is 2.55. The van der Waals surface area contributed by atoms with E-state index in [-0.39, 0.29) is 47.4 Å². The number of carbonyl (C=O) groups is 1. The van der Waals surface area contributed by atoms with Gasteiger partial charge in [0.15, 0.2) is 0 Å². The van der Waals surface area contributed by atoms with E-state index in [1.54, 1.807) is 4.90 Å². The van der Waals surface area contributed by atoms with E-state index in [4.69, 9.17) is 11.6 Å². The molecule has 3 rings (SSSR count). The summed E-state index contributed by atoms with van der Waals surface area (Å²) in [4.78, 5) is 13.7. The Balaban J connectivity index is 0.00000225. The molecule has 1 amide bonds. The predicted octanol–water partition coefficient (Wildman–Crippen LogP) is 1.49. The van der Waals surface area contributed by atoms with Gasteiger partial charge in [0.1, 0.15) is 10.7 Å².